The van der Waals surface area contributed by atoms with E-state index in [1.54, 1.807) is 6.07 Å². The number of hydrogen-bond acceptors (Lipinski definition) is 3. The molecule has 2 aromatic rings. The molecule has 0 aliphatic carbocycles. The Labute approximate surface area is 258 Å². The monoisotopic (exact) mass is 526 g/mol. The van der Waals surface area contributed by atoms with Gasteiger partial charge < -0.3 is 4.55 Å². The third-order valence-corrected chi connectivity index (χ3v) is 7.85. The van der Waals surface area contributed by atoms with Crippen molar-refractivity contribution in [2.45, 2.75) is 122 Å². The van der Waals surface area contributed by atoms with Gasteiger partial charge in [0.25, 0.3) is 0 Å². The van der Waals surface area contributed by atoms with Gasteiger partial charge in [0, 0.05) is 0 Å². The van der Waals surface area contributed by atoms with Gasteiger partial charge in [0.05, 0.1) is 4.90 Å². The molecule has 0 atom stereocenters. The maximum atomic E-state index is 12.4. The van der Waals surface area contributed by atoms with Crippen LogP contribution >= 0.6 is 0 Å². The molecule has 0 aromatic heterocycles. The van der Waals surface area contributed by atoms with E-state index in [2.05, 4.69) is 33.8 Å². The summed E-state index contributed by atoms with van der Waals surface area (Å²) in [6.07, 6.45) is 15.7. The van der Waals surface area contributed by atoms with Crippen molar-refractivity contribution < 1.29 is 64.4 Å². The second-order valence-electron chi connectivity index (χ2n) is 10.9. The molecule has 0 spiro atoms. The van der Waals surface area contributed by atoms with E-state index in [1.165, 1.54) is 51.4 Å². The van der Waals surface area contributed by atoms with E-state index in [-0.39, 0.29) is 56.3 Å². The van der Waals surface area contributed by atoms with Crippen LogP contribution in [0.3, 0.4) is 0 Å². The van der Waals surface area contributed by atoms with Crippen LogP contribution in [0.15, 0.2) is 35.2 Å². The number of unbranched alkanes of at least 4 members (excludes halogenated alkanes) is 8. The van der Waals surface area contributed by atoms with Crippen LogP contribution in [0.5, 0.6) is 0 Å². The molecule has 35 heavy (non-hydrogen) atoms. The minimum absolute atomic E-state index is 0. The molecule has 0 aliphatic rings. The number of aryl methyl sites for hydroxylation is 1. The van der Waals surface area contributed by atoms with Gasteiger partial charge >= 0.3 is 51.4 Å². The van der Waals surface area contributed by atoms with Gasteiger partial charge in [-0.15, -0.1) is 0 Å². The predicted molar refractivity (Wildman–Crippen MR) is 144 cm³/mol. The van der Waals surface area contributed by atoms with Gasteiger partial charge in [-0.1, -0.05) is 122 Å². The van der Waals surface area contributed by atoms with Crippen LogP contribution in [0, 0.1) is 11.8 Å². The number of hydrogen-bond donors (Lipinski definition) is 0. The molecule has 2 rings (SSSR count). The van der Waals surface area contributed by atoms with Gasteiger partial charge in [-0.25, -0.2) is 8.42 Å². The SMILES string of the molecule is CC(C)CCCCCCCc1cc2ccccc2c(S(=O)(=O)[O-])c1CCCCCCCC(C)C.[K+]. The summed E-state index contributed by atoms with van der Waals surface area (Å²) < 4.78 is 37.2. The van der Waals surface area contributed by atoms with E-state index in [0.717, 1.165) is 60.5 Å². The molecule has 3 nitrogen and oxygen atoms in total. The van der Waals surface area contributed by atoms with Crippen LogP contribution in [0.4, 0.5) is 0 Å². The fraction of sp³-hybridized carbons (Fsp3) is 0.667. The predicted octanol–water partition coefficient (Wildman–Crippen LogP) is 5.83. The van der Waals surface area contributed by atoms with Gasteiger partial charge in [0.2, 0.25) is 0 Å². The maximum Gasteiger partial charge on any atom is 1.00 e. The van der Waals surface area contributed by atoms with Gasteiger partial charge in [0.15, 0.2) is 0 Å². The average molecular weight is 527 g/mol. The van der Waals surface area contributed by atoms with Crippen LogP contribution < -0.4 is 51.4 Å². The van der Waals surface area contributed by atoms with Crippen LogP contribution in [-0.4, -0.2) is 13.0 Å². The first-order chi connectivity index (χ1) is 16.2. The summed E-state index contributed by atoms with van der Waals surface area (Å²) in [6.45, 7) is 9.07. The summed E-state index contributed by atoms with van der Waals surface area (Å²) in [7, 11) is -4.54. The van der Waals surface area contributed by atoms with Crippen molar-refractivity contribution in [3.8, 4) is 0 Å². The third-order valence-electron chi connectivity index (χ3n) is 6.88. The van der Waals surface area contributed by atoms with Crippen molar-refractivity contribution in [2.75, 3.05) is 0 Å². The van der Waals surface area contributed by atoms with Crippen LogP contribution in [-0.2, 0) is 23.0 Å². The Balaban J connectivity index is 0.00000612. The molecular formula is C30H47KO3S. The van der Waals surface area contributed by atoms with E-state index in [9.17, 15) is 13.0 Å². The fourth-order valence-electron chi connectivity index (χ4n) is 4.98. The summed E-state index contributed by atoms with van der Waals surface area (Å²) in [5.41, 5.74) is 1.85. The van der Waals surface area contributed by atoms with Crippen LogP contribution in [0.2, 0.25) is 0 Å². The summed E-state index contributed by atoms with van der Waals surface area (Å²) in [6, 6.07) is 9.60. The molecule has 0 radical (unpaired) electrons. The van der Waals surface area contributed by atoms with Gasteiger partial charge in [-0.05, 0) is 59.4 Å². The van der Waals surface area contributed by atoms with E-state index in [1.807, 2.05) is 18.2 Å². The van der Waals surface area contributed by atoms with Crippen LogP contribution in [0.25, 0.3) is 10.8 Å². The molecule has 0 unspecified atom stereocenters. The molecule has 0 saturated heterocycles. The minimum atomic E-state index is -4.54. The molecule has 0 N–H and O–H groups in total. The third kappa shape index (κ3) is 12.6. The van der Waals surface area contributed by atoms with Crippen molar-refractivity contribution in [1.82, 2.24) is 0 Å². The Morgan fingerprint density at radius 1 is 0.714 bits per heavy atom. The normalized spacial score (nSPS) is 12.0. The van der Waals surface area contributed by atoms with Crippen molar-refractivity contribution in [3.63, 3.8) is 0 Å². The molecular weight excluding hydrogens is 479 g/mol. The molecule has 0 amide bonds. The second-order valence-corrected chi connectivity index (χ2v) is 12.2. The Bertz CT molecular complexity index is 967. The largest absolute Gasteiger partial charge is 1.00 e. The standard InChI is InChI=1S/C30H48O3S.K/c1-24(2)17-11-7-5-9-13-19-26-23-27-20-15-16-22-29(27)30(34(31,32)33)28(26)21-14-10-6-8-12-18-25(3)4;/h15-16,20,22-25H,5-14,17-19,21H2,1-4H3,(H,31,32,33);/q;+1/p-1. The van der Waals surface area contributed by atoms with Gasteiger partial charge in [-0.2, -0.15) is 0 Å². The molecule has 5 heteroatoms. The van der Waals surface area contributed by atoms with Crippen molar-refractivity contribution >= 4 is 20.9 Å². The molecule has 0 saturated carbocycles. The van der Waals surface area contributed by atoms with E-state index in [4.69, 9.17) is 0 Å². The average Bonchev–Trinajstić information content (AvgIpc) is 2.76. The quantitative estimate of drug-likeness (QED) is 0.148. The topological polar surface area (TPSA) is 57.2 Å². The Hall–Kier alpha value is 0.246. The molecule has 192 valence electrons. The Kier molecular flexibility index (Phi) is 16.8. The second kappa shape index (κ2) is 17.7. The summed E-state index contributed by atoms with van der Waals surface area (Å²) >= 11 is 0. The first kappa shape index (κ1) is 33.3. The Morgan fingerprint density at radius 3 is 1.74 bits per heavy atom. The summed E-state index contributed by atoms with van der Waals surface area (Å²) in [4.78, 5) is 0.0392. The van der Waals surface area contributed by atoms with Crippen LogP contribution in [0.1, 0.15) is 116 Å². The fourth-order valence-corrected chi connectivity index (χ4v) is 5.97. The van der Waals surface area contributed by atoms with Gasteiger partial charge in [0.1, 0.15) is 10.1 Å². The number of fused-ring (bicyclic) bond motifs is 1. The van der Waals surface area contributed by atoms with Gasteiger partial charge in [-0.3, -0.25) is 0 Å². The van der Waals surface area contributed by atoms with E-state index < -0.39 is 10.1 Å². The first-order valence-electron chi connectivity index (χ1n) is 13.7. The first-order valence-corrected chi connectivity index (χ1v) is 15.1. The molecule has 0 fully saturated rings. The Morgan fingerprint density at radius 2 is 1.20 bits per heavy atom. The van der Waals surface area contributed by atoms with Crippen molar-refractivity contribution in [1.29, 1.82) is 0 Å². The zero-order valence-electron chi connectivity index (χ0n) is 23.1. The van der Waals surface area contributed by atoms with Crippen molar-refractivity contribution in [2.24, 2.45) is 11.8 Å². The van der Waals surface area contributed by atoms with E-state index >= 15 is 0 Å². The summed E-state index contributed by atoms with van der Waals surface area (Å²) in [5.74, 6) is 1.52. The molecule has 0 heterocycles. The molecule has 0 bridgehead atoms. The smallest absolute Gasteiger partial charge is 0.744 e. The van der Waals surface area contributed by atoms with Crippen molar-refractivity contribution in [3.05, 3.63) is 41.5 Å². The number of rotatable bonds is 17. The maximum absolute atomic E-state index is 12.4. The zero-order valence-corrected chi connectivity index (χ0v) is 27.0. The summed E-state index contributed by atoms with van der Waals surface area (Å²) in [5, 5.41) is 1.45. The zero-order chi connectivity index (χ0) is 25.0. The molecule has 0 aliphatic heterocycles. The number of benzene rings is 2. The van der Waals surface area contributed by atoms with E-state index in [0.29, 0.717) is 11.8 Å². The minimum Gasteiger partial charge on any atom is -0.744 e. The molecule has 2 aromatic carbocycles.